The number of hydrogen-bond donors (Lipinski definition) is 3. The molecule has 108 valence electrons. The highest BCUT2D eigenvalue weighted by atomic mass is 16.2. The zero-order valence-corrected chi connectivity index (χ0v) is 12.1. The van der Waals surface area contributed by atoms with Gasteiger partial charge in [0.05, 0.1) is 0 Å². The van der Waals surface area contributed by atoms with E-state index >= 15 is 0 Å². The second kappa shape index (κ2) is 9.55. The summed E-state index contributed by atoms with van der Waals surface area (Å²) in [5.74, 6) is 1.60. The van der Waals surface area contributed by atoms with Crippen LogP contribution in [-0.4, -0.2) is 34.8 Å². The van der Waals surface area contributed by atoms with E-state index in [0.29, 0.717) is 12.6 Å². The minimum atomic E-state index is 0.297. The molecule has 0 atom stereocenters. The molecule has 0 aliphatic heterocycles. The molecular formula is C14H26N4O. The highest BCUT2D eigenvalue weighted by molar-refractivity contribution is 5.46. The predicted molar refractivity (Wildman–Crippen MR) is 79.6 cm³/mol. The van der Waals surface area contributed by atoms with Gasteiger partial charge in [0, 0.05) is 31.5 Å². The van der Waals surface area contributed by atoms with Crippen LogP contribution in [0.1, 0.15) is 44.6 Å². The number of aromatic nitrogens is 2. The van der Waals surface area contributed by atoms with Crippen LogP contribution < -0.4 is 10.6 Å². The molecule has 0 saturated carbocycles. The molecule has 0 bridgehead atoms. The zero-order valence-electron chi connectivity index (χ0n) is 12.1. The number of aliphatic hydroxyl groups excluding tert-OH is 1. The first-order valence-electron chi connectivity index (χ1n) is 7.20. The number of rotatable bonds is 10. The van der Waals surface area contributed by atoms with Crippen LogP contribution in [0.15, 0.2) is 6.20 Å². The third-order valence-electron chi connectivity index (χ3n) is 2.88. The summed E-state index contributed by atoms with van der Waals surface area (Å²) in [7, 11) is 0. The third kappa shape index (κ3) is 6.38. The lowest BCUT2D eigenvalue weighted by Crippen LogP contribution is -2.09. The molecule has 1 aromatic rings. The second-order valence-electron chi connectivity index (χ2n) is 4.72. The normalized spacial score (nSPS) is 10.5. The quantitative estimate of drug-likeness (QED) is 0.568. The lowest BCUT2D eigenvalue weighted by Gasteiger charge is -2.10. The summed E-state index contributed by atoms with van der Waals surface area (Å²) in [5, 5.41) is 15.2. The fourth-order valence-electron chi connectivity index (χ4n) is 1.74. The molecule has 0 aromatic carbocycles. The van der Waals surface area contributed by atoms with Crippen molar-refractivity contribution in [2.75, 3.05) is 30.3 Å². The van der Waals surface area contributed by atoms with Gasteiger partial charge in [-0.15, -0.1) is 0 Å². The fraction of sp³-hybridized carbons (Fsp3) is 0.714. The molecule has 5 nitrogen and oxygen atoms in total. The van der Waals surface area contributed by atoms with Crippen molar-refractivity contribution in [3.63, 3.8) is 0 Å². The van der Waals surface area contributed by atoms with Crippen LogP contribution in [0.3, 0.4) is 0 Å². The Labute approximate surface area is 115 Å². The zero-order chi connectivity index (χ0) is 13.9. The summed E-state index contributed by atoms with van der Waals surface area (Å²) >= 11 is 0. The van der Waals surface area contributed by atoms with Gasteiger partial charge in [-0.2, -0.15) is 4.98 Å². The van der Waals surface area contributed by atoms with Crippen molar-refractivity contribution >= 4 is 11.8 Å². The molecule has 0 aliphatic rings. The Morgan fingerprint density at radius 1 is 1.11 bits per heavy atom. The van der Waals surface area contributed by atoms with Gasteiger partial charge in [-0.1, -0.05) is 19.8 Å². The Kier molecular flexibility index (Phi) is 7.89. The molecule has 0 aliphatic carbocycles. The first kappa shape index (κ1) is 15.7. The summed E-state index contributed by atoms with van der Waals surface area (Å²) in [6.45, 7) is 6.23. The smallest absolute Gasteiger partial charge is 0.224 e. The summed E-state index contributed by atoms with van der Waals surface area (Å²) in [5.41, 5.74) is 1.07. The number of aliphatic hydroxyl groups is 1. The van der Waals surface area contributed by atoms with Crippen molar-refractivity contribution in [3.8, 4) is 0 Å². The van der Waals surface area contributed by atoms with Crippen molar-refractivity contribution in [3.05, 3.63) is 11.8 Å². The van der Waals surface area contributed by atoms with E-state index < -0.39 is 0 Å². The van der Waals surface area contributed by atoms with Gasteiger partial charge in [0.25, 0.3) is 0 Å². The predicted octanol–water partition coefficient (Wildman–Crippen LogP) is 2.57. The molecule has 0 spiro atoms. The third-order valence-corrected chi connectivity index (χ3v) is 2.88. The fourth-order valence-corrected chi connectivity index (χ4v) is 1.74. The maximum atomic E-state index is 8.70. The van der Waals surface area contributed by atoms with E-state index in [2.05, 4.69) is 27.5 Å². The summed E-state index contributed by atoms with van der Waals surface area (Å²) in [6, 6.07) is 0. The first-order valence-corrected chi connectivity index (χ1v) is 7.20. The average Bonchev–Trinajstić information content (AvgIpc) is 2.43. The molecule has 0 unspecified atom stereocenters. The molecule has 1 rings (SSSR count). The molecule has 0 amide bonds. The van der Waals surface area contributed by atoms with Gasteiger partial charge in [0.15, 0.2) is 0 Å². The van der Waals surface area contributed by atoms with Crippen molar-refractivity contribution in [1.82, 2.24) is 9.97 Å². The van der Waals surface area contributed by atoms with E-state index in [1.165, 1.54) is 0 Å². The van der Waals surface area contributed by atoms with Gasteiger partial charge in [-0.3, -0.25) is 0 Å². The van der Waals surface area contributed by atoms with Crippen LogP contribution in [0.5, 0.6) is 0 Å². The van der Waals surface area contributed by atoms with Crippen molar-refractivity contribution in [2.24, 2.45) is 0 Å². The van der Waals surface area contributed by atoms with Gasteiger partial charge < -0.3 is 15.7 Å². The van der Waals surface area contributed by atoms with Crippen LogP contribution in [0, 0.1) is 6.92 Å². The Morgan fingerprint density at radius 2 is 1.89 bits per heavy atom. The molecular weight excluding hydrogens is 240 g/mol. The largest absolute Gasteiger partial charge is 0.396 e. The molecule has 0 fully saturated rings. The lowest BCUT2D eigenvalue weighted by atomic mass is 10.2. The van der Waals surface area contributed by atoms with Gasteiger partial charge in [-0.25, -0.2) is 4.98 Å². The van der Waals surface area contributed by atoms with Crippen LogP contribution >= 0.6 is 0 Å². The molecule has 1 heterocycles. The Balaban J connectivity index is 2.34. The minimum absolute atomic E-state index is 0.297. The average molecular weight is 266 g/mol. The van der Waals surface area contributed by atoms with Crippen LogP contribution in [-0.2, 0) is 0 Å². The lowest BCUT2D eigenvalue weighted by molar-refractivity contribution is 0.283. The van der Waals surface area contributed by atoms with E-state index in [1.54, 1.807) is 0 Å². The Morgan fingerprint density at radius 3 is 2.63 bits per heavy atom. The van der Waals surface area contributed by atoms with Crippen molar-refractivity contribution in [2.45, 2.75) is 46.0 Å². The van der Waals surface area contributed by atoms with Crippen molar-refractivity contribution < 1.29 is 5.11 Å². The summed E-state index contributed by atoms with van der Waals surface area (Å²) < 4.78 is 0. The molecule has 0 saturated heterocycles. The first-order chi connectivity index (χ1) is 9.27. The van der Waals surface area contributed by atoms with Gasteiger partial charge in [0.1, 0.15) is 5.82 Å². The number of anilines is 2. The number of unbranched alkanes of at least 4 members (excludes halogenated alkanes) is 3. The maximum absolute atomic E-state index is 8.70. The maximum Gasteiger partial charge on any atom is 0.224 e. The van der Waals surface area contributed by atoms with E-state index in [0.717, 1.165) is 56.6 Å². The summed E-state index contributed by atoms with van der Waals surface area (Å²) in [6.07, 6.45) is 7.13. The number of aryl methyl sites for hydroxylation is 1. The Bertz CT molecular complexity index is 357. The molecule has 1 aromatic heterocycles. The van der Waals surface area contributed by atoms with Crippen molar-refractivity contribution in [1.29, 1.82) is 0 Å². The number of nitrogens with one attached hydrogen (secondary N) is 2. The van der Waals surface area contributed by atoms with Gasteiger partial charge in [-0.05, 0) is 26.2 Å². The molecule has 3 N–H and O–H groups in total. The van der Waals surface area contributed by atoms with E-state index in [1.807, 2.05) is 13.1 Å². The molecule has 0 radical (unpaired) electrons. The monoisotopic (exact) mass is 266 g/mol. The van der Waals surface area contributed by atoms with E-state index in [4.69, 9.17) is 5.11 Å². The highest BCUT2D eigenvalue weighted by Gasteiger charge is 2.02. The highest BCUT2D eigenvalue weighted by Crippen LogP contribution is 2.12. The number of nitrogens with zero attached hydrogens (tertiary/aromatic N) is 2. The van der Waals surface area contributed by atoms with Crippen LogP contribution in [0.2, 0.25) is 0 Å². The van der Waals surface area contributed by atoms with E-state index in [-0.39, 0.29) is 0 Å². The molecule has 5 heteroatoms. The van der Waals surface area contributed by atoms with Crippen LogP contribution in [0.4, 0.5) is 11.8 Å². The topological polar surface area (TPSA) is 70.1 Å². The number of hydrogen-bond acceptors (Lipinski definition) is 5. The molecule has 19 heavy (non-hydrogen) atoms. The van der Waals surface area contributed by atoms with Gasteiger partial charge in [0.2, 0.25) is 5.95 Å². The second-order valence-corrected chi connectivity index (χ2v) is 4.72. The minimum Gasteiger partial charge on any atom is -0.396 e. The van der Waals surface area contributed by atoms with E-state index in [9.17, 15) is 0 Å². The van der Waals surface area contributed by atoms with Gasteiger partial charge >= 0.3 is 0 Å². The standard InChI is InChI=1S/C14H26N4O/c1-3-8-16-14-17-11-12(2)13(18-14)15-9-6-4-5-7-10-19/h11,19H,3-10H2,1-2H3,(H2,15,16,17,18). The van der Waals surface area contributed by atoms with Crippen LogP contribution in [0.25, 0.3) is 0 Å². The SMILES string of the molecule is CCCNc1ncc(C)c(NCCCCCCO)n1. The summed E-state index contributed by atoms with van der Waals surface area (Å²) in [4.78, 5) is 8.73. The Hall–Kier alpha value is -1.36.